The Hall–Kier alpha value is -2.33. The van der Waals surface area contributed by atoms with Gasteiger partial charge in [-0.15, -0.1) is 0 Å². The number of sulfonamides is 1. The monoisotopic (exact) mass is 398 g/mol. The van der Waals surface area contributed by atoms with Crippen LogP contribution in [0.5, 0.6) is 5.88 Å². The molecule has 2 heterocycles. The standard InChI is InChI=1S/C17H20F2N4O3S/c1-22(2)16-8-20-9-17(21-16)26-15-3-4-23(10-15)27(24,25)11-12-5-13(18)7-14(19)6-12/h5-9,15H,3-4,10-11H2,1-2H3. The van der Waals surface area contributed by atoms with Gasteiger partial charge in [0.25, 0.3) is 0 Å². The van der Waals surface area contributed by atoms with E-state index >= 15 is 0 Å². The summed E-state index contributed by atoms with van der Waals surface area (Å²) in [5.74, 6) is -1.13. The van der Waals surface area contributed by atoms with Gasteiger partial charge in [-0.3, -0.25) is 4.98 Å². The highest BCUT2D eigenvalue weighted by molar-refractivity contribution is 7.88. The second-order valence-corrected chi connectivity index (χ2v) is 8.50. The molecule has 1 aromatic carbocycles. The minimum atomic E-state index is -3.72. The number of halogens is 2. The molecule has 146 valence electrons. The second kappa shape index (κ2) is 7.73. The van der Waals surface area contributed by atoms with Gasteiger partial charge >= 0.3 is 0 Å². The van der Waals surface area contributed by atoms with Crippen LogP contribution in [-0.2, 0) is 15.8 Å². The molecule has 3 rings (SSSR count). The first-order chi connectivity index (χ1) is 12.7. The number of nitrogens with zero attached hydrogens (tertiary/aromatic N) is 4. The van der Waals surface area contributed by atoms with Gasteiger partial charge in [0.15, 0.2) is 5.82 Å². The third-order valence-corrected chi connectivity index (χ3v) is 5.93. The second-order valence-electron chi connectivity index (χ2n) is 6.53. The molecular weight excluding hydrogens is 378 g/mol. The van der Waals surface area contributed by atoms with Gasteiger partial charge < -0.3 is 9.64 Å². The van der Waals surface area contributed by atoms with Gasteiger partial charge in [-0.05, 0) is 24.1 Å². The molecule has 1 fully saturated rings. The first-order valence-corrected chi connectivity index (χ1v) is 9.93. The predicted molar refractivity (Wildman–Crippen MR) is 95.9 cm³/mol. The van der Waals surface area contributed by atoms with Crippen LogP contribution in [0.25, 0.3) is 0 Å². The Labute approximate surface area is 156 Å². The van der Waals surface area contributed by atoms with E-state index in [1.165, 1.54) is 10.5 Å². The minimum absolute atomic E-state index is 0.0708. The highest BCUT2D eigenvalue weighted by atomic mass is 32.2. The van der Waals surface area contributed by atoms with E-state index in [2.05, 4.69) is 9.97 Å². The van der Waals surface area contributed by atoms with Crippen molar-refractivity contribution in [1.82, 2.24) is 14.3 Å². The van der Waals surface area contributed by atoms with Gasteiger partial charge in [-0.2, -0.15) is 9.29 Å². The Kier molecular flexibility index (Phi) is 5.56. The molecule has 1 aromatic heterocycles. The number of hydrogen-bond donors (Lipinski definition) is 0. The van der Waals surface area contributed by atoms with Crippen LogP contribution in [0.1, 0.15) is 12.0 Å². The van der Waals surface area contributed by atoms with Gasteiger partial charge in [0.2, 0.25) is 15.9 Å². The van der Waals surface area contributed by atoms with Crippen molar-refractivity contribution in [2.75, 3.05) is 32.1 Å². The lowest BCUT2D eigenvalue weighted by Gasteiger charge is -2.18. The molecule has 0 N–H and O–H groups in total. The molecule has 1 atom stereocenters. The molecule has 2 aromatic rings. The van der Waals surface area contributed by atoms with Crippen molar-refractivity contribution in [3.05, 3.63) is 47.8 Å². The summed E-state index contributed by atoms with van der Waals surface area (Å²) in [6.07, 6.45) is 3.19. The molecule has 0 aliphatic carbocycles. The molecule has 1 aliphatic heterocycles. The normalized spacial score (nSPS) is 17.9. The van der Waals surface area contributed by atoms with Gasteiger partial charge in [0, 0.05) is 26.7 Å². The number of ether oxygens (including phenoxy) is 1. The lowest BCUT2D eigenvalue weighted by atomic mass is 10.2. The largest absolute Gasteiger partial charge is 0.472 e. The molecule has 0 spiro atoms. The van der Waals surface area contributed by atoms with Crippen LogP contribution in [-0.4, -0.2) is 56.0 Å². The zero-order chi connectivity index (χ0) is 19.6. The van der Waals surface area contributed by atoms with Crippen LogP contribution in [0.15, 0.2) is 30.6 Å². The zero-order valence-electron chi connectivity index (χ0n) is 15.0. The first-order valence-electron chi connectivity index (χ1n) is 8.32. The van der Waals surface area contributed by atoms with E-state index in [-0.39, 0.29) is 24.8 Å². The number of rotatable bonds is 6. The SMILES string of the molecule is CN(C)c1cncc(OC2CCN(S(=O)(=O)Cc3cc(F)cc(F)c3)C2)n1. The summed E-state index contributed by atoms with van der Waals surface area (Å²) in [7, 11) is -0.0650. The summed E-state index contributed by atoms with van der Waals surface area (Å²) in [4.78, 5) is 10.1. The Morgan fingerprint density at radius 3 is 2.59 bits per heavy atom. The number of benzene rings is 1. The predicted octanol–water partition coefficient (Wildman–Crippen LogP) is 1.80. The molecule has 0 bridgehead atoms. The van der Waals surface area contributed by atoms with Gasteiger partial charge in [-0.1, -0.05) is 0 Å². The average Bonchev–Trinajstić information content (AvgIpc) is 3.03. The van der Waals surface area contributed by atoms with E-state index in [0.29, 0.717) is 24.2 Å². The van der Waals surface area contributed by atoms with Gasteiger partial charge in [-0.25, -0.2) is 17.2 Å². The van der Waals surface area contributed by atoms with Crippen molar-refractivity contribution in [3.63, 3.8) is 0 Å². The Balaban J connectivity index is 1.65. The maximum absolute atomic E-state index is 13.3. The molecule has 27 heavy (non-hydrogen) atoms. The van der Waals surface area contributed by atoms with Crippen LogP contribution in [0.2, 0.25) is 0 Å². The average molecular weight is 398 g/mol. The summed E-state index contributed by atoms with van der Waals surface area (Å²) in [6.45, 7) is 0.416. The van der Waals surface area contributed by atoms with Crippen molar-refractivity contribution >= 4 is 15.8 Å². The van der Waals surface area contributed by atoms with Gasteiger partial charge in [0.1, 0.15) is 17.7 Å². The van der Waals surface area contributed by atoms with Gasteiger partial charge in [0.05, 0.1) is 24.7 Å². The summed E-state index contributed by atoms with van der Waals surface area (Å²) >= 11 is 0. The Morgan fingerprint density at radius 2 is 1.93 bits per heavy atom. The third-order valence-electron chi connectivity index (χ3n) is 4.12. The first kappa shape index (κ1) is 19.4. The van der Waals surface area contributed by atoms with Crippen molar-refractivity contribution < 1.29 is 21.9 Å². The van der Waals surface area contributed by atoms with Crippen LogP contribution < -0.4 is 9.64 Å². The van der Waals surface area contributed by atoms with Crippen LogP contribution >= 0.6 is 0 Å². The fourth-order valence-corrected chi connectivity index (χ4v) is 4.37. The third kappa shape index (κ3) is 4.89. The van der Waals surface area contributed by atoms with Crippen molar-refractivity contribution in [3.8, 4) is 5.88 Å². The maximum atomic E-state index is 13.3. The summed E-state index contributed by atoms with van der Waals surface area (Å²) in [5.41, 5.74) is 0.0708. The zero-order valence-corrected chi connectivity index (χ0v) is 15.8. The fourth-order valence-electron chi connectivity index (χ4n) is 2.82. The topological polar surface area (TPSA) is 75.6 Å². The molecule has 0 amide bonds. The summed E-state index contributed by atoms with van der Waals surface area (Å²) in [6, 6.07) is 2.75. The molecule has 1 aliphatic rings. The summed E-state index contributed by atoms with van der Waals surface area (Å²) in [5, 5.41) is 0. The maximum Gasteiger partial charge on any atom is 0.234 e. The van der Waals surface area contributed by atoms with Crippen LogP contribution in [0, 0.1) is 11.6 Å². The molecule has 0 saturated carbocycles. The molecular formula is C17H20F2N4O3S. The summed E-state index contributed by atoms with van der Waals surface area (Å²) < 4.78 is 58.7. The molecule has 1 unspecified atom stereocenters. The van der Waals surface area contributed by atoms with Crippen molar-refractivity contribution in [1.29, 1.82) is 0 Å². The molecule has 10 heteroatoms. The van der Waals surface area contributed by atoms with E-state index in [1.807, 2.05) is 14.1 Å². The lowest BCUT2D eigenvalue weighted by Crippen LogP contribution is -2.32. The van der Waals surface area contributed by atoms with E-state index in [1.54, 1.807) is 11.1 Å². The van der Waals surface area contributed by atoms with Crippen molar-refractivity contribution in [2.45, 2.75) is 18.3 Å². The molecule has 1 saturated heterocycles. The number of aromatic nitrogens is 2. The van der Waals surface area contributed by atoms with E-state index < -0.39 is 27.4 Å². The van der Waals surface area contributed by atoms with E-state index in [4.69, 9.17) is 4.74 Å². The van der Waals surface area contributed by atoms with Crippen LogP contribution in [0.4, 0.5) is 14.6 Å². The van der Waals surface area contributed by atoms with Crippen LogP contribution in [0.3, 0.4) is 0 Å². The Bertz CT molecular complexity index is 904. The highest BCUT2D eigenvalue weighted by Gasteiger charge is 2.33. The number of hydrogen-bond acceptors (Lipinski definition) is 6. The molecule has 7 nitrogen and oxygen atoms in total. The Morgan fingerprint density at radius 1 is 1.22 bits per heavy atom. The minimum Gasteiger partial charge on any atom is -0.472 e. The van der Waals surface area contributed by atoms with Crippen molar-refractivity contribution in [2.24, 2.45) is 0 Å². The number of anilines is 1. The lowest BCUT2D eigenvalue weighted by molar-refractivity contribution is 0.206. The van der Waals surface area contributed by atoms with E-state index in [0.717, 1.165) is 12.1 Å². The quantitative estimate of drug-likeness (QED) is 0.739. The highest BCUT2D eigenvalue weighted by Crippen LogP contribution is 2.22. The smallest absolute Gasteiger partial charge is 0.234 e. The molecule has 0 radical (unpaired) electrons. The van der Waals surface area contributed by atoms with E-state index in [9.17, 15) is 17.2 Å². The fraction of sp³-hybridized carbons (Fsp3) is 0.412.